The van der Waals surface area contributed by atoms with Gasteiger partial charge in [0.2, 0.25) is 5.95 Å². The average molecular weight is 400 g/mol. The predicted molar refractivity (Wildman–Crippen MR) is 117 cm³/mol. The second-order valence-electron chi connectivity index (χ2n) is 7.18. The van der Waals surface area contributed by atoms with Crippen molar-refractivity contribution in [3.05, 3.63) is 60.7 Å². The van der Waals surface area contributed by atoms with Gasteiger partial charge in [0.05, 0.1) is 18.3 Å². The first-order chi connectivity index (χ1) is 14.8. The minimum atomic E-state index is -0.246. The van der Waals surface area contributed by atoms with Crippen molar-refractivity contribution in [3.63, 3.8) is 0 Å². The molecule has 1 aliphatic rings. The number of hydrogen-bond donors (Lipinski definition) is 2. The fourth-order valence-electron chi connectivity index (χ4n) is 3.76. The minimum Gasteiger partial charge on any atom is -0.281 e. The Balaban J connectivity index is 1.58. The zero-order valence-electron chi connectivity index (χ0n) is 16.7. The molecule has 7 nitrogen and oxygen atoms in total. The maximum Gasteiger partial charge on any atom is 0.255 e. The van der Waals surface area contributed by atoms with Gasteiger partial charge in [0.15, 0.2) is 5.82 Å². The number of aromatic nitrogens is 3. The topological polar surface area (TPSA) is 75.1 Å². The number of nitrogens with zero attached hydrogens (tertiary/aromatic N) is 4. The molecule has 1 saturated heterocycles. The molecule has 1 aliphatic heterocycles. The van der Waals surface area contributed by atoms with E-state index >= 15 is 0 Å². The number of piperidine rings is 1. The number of hydrogen-bond acceptors (Lipinski definition) is 5. The molecule has 2 aromatic carbocycles. The van der Waals surface area contributed by atoms with Crippen LogP contribution in [0.1, 0.15) is 19.3 Å². The van der Waals surface area contributed by atoms with Crippen LogP contribution < -0.4 is 10.9 Å². The van der Waals surface area contributed by atoms with Gasteiger partial charge in [-0.3, -0.25) is 25.1 Å². The fourth-order valence-corrected chi connectivity index (χ4v) is 3.76. The molecule has 1 aromatic heterocycles. The molecule has 2 heterocycles. The van der Waals surface area contributed by atoms with E-state index in [2.05, 4.69) is 27.0 Å². The number of terminal acetylenes is 1. The SMILES string of the molecule is C#CCN1CCCC[C@@H]1C(=O)NNc1nnc(-c2ccccc2)n1-c1ccccc1. The van der Waals surface area contributed by atoms with E-state index < -0.39 is 0 Å². The summed E-state index contributed by atoms with van der Waals surface area (Å²) in [5.74, 6) is 3.65. The number of likely N-dealkylation sites (tertiary alicyclic amines) is 1. The van der Waals surface area contributed by atoms with Crippen molar-refractivity contribution in [2.45, 2.75) is 25.3 Å². The highest BCUT2D eigenvalue weighted by molar-refractivity contribution is 5.83. The van der Waals surface area contributed by atoms with E-state index in [0.717, 1.165) is 37.1 Å². The number of para-hydroxylation sites is 1. The molecular formula is C23H24N6O. The normalized spacial score (nSPS) is 16.6. The molecule has 7 heteroatoms. The summed E-state index contributed by atoms with van der Waals surface area (Å²) in [6.45, 7) is 1.30. The van der Waals surface area contributed by atoms with Crippen LogP contribution in [0.2, 0.25) is 0 Å². The number of hydrazine groups is 1. The van der Waals surface area contributed by atoms with E-state index in [1.54, 1.807) is 0 Å². The lowest BCUT2D eigenvalue weighted by Gasteiger charge is -2.33. The van der Waals surface area contributed by atoms with Crippen molar-refractivity contribution in [1.82, 2.24) is 25.1 Å². The third-order valence-electron chi connectivity index (χ3n) is 5.22. The van der Waals surface area contributed by atoms with Gasteiger partial charge in [-0.1, -0.05) is 60.9 Å². The lowest BCUT2D eigenvalue weighted by molar-refractivity contribution is -0.126. The Morgan fingerprint density at radius 3 is 2.53 bits per heavy atom. The molecule has 1 atom stereocenters. The van der Waals surface area contributed by atoms with Crippen molar-refractivity contribution in [2.75, 3.05) is 18.5 Å². The van der Waals surface area contributed by atoms with Crippen LogP contribution in [0.15, 0.2) is 60.7 Å². The van der Waals surface area contributed by atoms with Crippen LogP contribution in [0, 0.1) is 12.3 Å². The monoisotopic (exact) mass is 400 g/mol. The first-order valence-electron chi connectivity index (χ1n) is 10.1. The highest BCUT2D eigenvalue weighted by Gasteiger charge is 2.28. The van der Waals surface area contributed by atoms with E-state index in [1.807, 2.05) is 70.1 Å². The van der Waals surface area contributed by atoms with E-state index in [-0.39, 0.29) is 11.9 Å². The molecule has 0 bridgehead atoms. The van der Waals surface area contributed by atoms with E-state index in [4.69, 9.17) is 6.42 Å². The summed E-state index contributed by atoms with van der Waals surface area (Å²) in [6, 6.07) is 19.4. The third-order valence-corrected chi connectivity index (χ3v) is 5.22. The number of carbonyl (C=O) groups excluding carboxylic acids is 1. The average Bonchev–Trinajstić information content (AvgIpc) is 3.23. The van der Waals surface area contributed by atoms with Gasteiger partial charge >= 0.3 is 0 Å². The Kier molecular flexibility index (Phi) is 6.06. The predicted octanol–water partition coefficient (Wildman–Crippen LogP) is 2.87. The van der Waals surface area contributed by atoms with Crippen LogP contribution in [-0.4, -0.2) is 44.7 Å². The zero-order chi connectivity index (χ0) is 20.8. The number of rotatable bonds is 6. The number of carbonyl (C=O) groups is 1. The van der Waals surface area contributed by atoms with Crippen LogP contribution in [0.4, 0.5) is 5.95 Å². The summed E-state index contributed by atoms with van der Waals surface area (Å²) in [5.41, 5.74) is 7.61. The highest BCUT2D eigenvalue weighted by atomic mass is 16.2. The first kappa shape index (κ1) is 19.7. The Bertz CT molecular complexity index is 1020. The quantitative estimate of drug-likeness (QED) is 0.492. The van der Waals surface area contributed by atoms with Gasteiger partial charge < -0.3 is 0 Å². The first-order valence-corrected chi connectivity index (χ1v) is 10.1. The van der Waals surface area contributed by atoms with Gasteiger partial charge in [-0.2, -0.15) is 0 Å². The minimum absolute atomic E-state index is 0.117. The second kappa shape index (κ2) is 9.25. The Morgan fingerprint density at radius 1 is 1.07 bits per heavy atom. The molecule has 0 spiro atoms. The summed E-state index contributed by atoms with van der Waals surface area (Å²) in [7, 11) is 0. The lowest BCUT2D eigenvalue weighted by atomic mass is 10.0. The summed E-state index contributed by atoms with van der Waals surface area (Å²) in [4.78, 5) is 14.9. The lowest BCUT2D eigenvalue weighted by Crippen LogP contribution is -2.51. The second-order valence-corrected chi connectivity index (χ2v) is 7.18. The van der Waals surface area contributed by atoms with Crippen molar-refractivity contribution in [3.8, 4) is 29.4 Å². The Labute approximate surface area is 176 Å². The standard InChI is InChI=1S/C23H24N6O/c1-2-16-28-17-10-9-15-20(28)22(30)25-27-23-26-24-21(18-11-5-3-6-12-18)29(23)19-13-7-4-8-14-19/h1,3-8,11-14,20H,9-10,15-17H2,(H,25,30)(H,26,27)/t20-/m1/s1. The van der Waals surface area contributed by atoms with Gasteiger partial charge in [-0.25, -0.2) is 0 Å². The van der Waals surface area contributed by atoms with E-state index in [1.165, 1.54) is 0 Å². The number of benzene rings is 2. The fraction of sp³-hybridized carbons (Fsp3) is 0.261. The maximum atomic E-state index is 12.8. The summed E-state index contributed by atoms with van der Waals surface area (Å²) < 4.78 is 1.88. The zero-order valence-corrected chi connectivity index (χ0v) is 16.7. The molecule has 0 radical (unpaired) electrons. The molecule has 0 unspecified atom stereocenters. The maximum absolute atomic E-state index is 12.8. The Hall–Kier alpha value is -3.63. The summed E-state index contributed by atoms with van der Waals surface area (Å²) >= 11 is 0. The summed E-state index contributed by atoms with van der Waals surface area (Å²) in [5, 5.41) is 8.64. The third kappa shape index (κ3) is 4.19. The molecule has 0 aliphatic carbocycles. The molecule has 2 N–H and O–H groups in total. The van der Waals surface area contributed by atoms with Crippen LogP contribution >= 0.6 is 0 Å². The molecule has 1 amide bonds. The van der Waals surface area contributed by atoms with Gasteiger partial charge in [-0.05, 0) is 31.5 Å². The van der Waals surface area contributed by atoms with Crippen LogP contribution in [0.5, 0.6) is 0 Å². The molecule has 1 fully saturated rings. The van der Waals surface area contributed by atoms with Crippen LogP contribution in [0.3, 0.4) is 0 Å². The molecule has 4 rings (SSSR count). The van der Waals surface area contributed by atoms with Crippen molar-refractivity contribution < 1.29 is 4.79 Å². The van der Waals surface area contributed by atoms with Crippen LogP contribution in [-0.2, 0) is 4.79 Å². The van der Waals surface area contributed by atoms with Gasteiger partial charge in [-0.15, -0.1) is 16.6 Å². The van der Waals surface area contributed by atoms with Crippen LogP contribution in [0.25, 0.3) is 17.1 Å². The van der Waals surface area contributed by atoms with Crippen molar-refractivity contribution >= 4 is 11.9 Å². The number of amides is 1. The molecule has 30 heavy (non-hydrogen) atoms. The number of anilines is 1. The van der Waals surface area contributed by atoms with E-state index in [0.29, 0.717) is 18.3 Å². The molecule has 0 saturated carbocycles. The highest BCUT2D eigenvalue weighted by Crippen LogP contribution is 2.25. The molecule has 152 valence electrons. The number of nitrogens with one attached hydrogen (secondary N) is 2. The largest absolute Gasteiger partial charge is 0.281 e. The van der Waals surface area contributed by atoms with Gasteiger partial charge in [0.1, 0.15) is 0 Å². The van der Waals surface area contributed by atoms with Crippen molar-refractivity contribution in [2.24, 2.45) is 0 Å². The van der Waals surface area contributed by atoms with E-state index in [9.17, 15) is 4.79 Å². The van der Waals surface area contributed by atoms with Crippen molar-refractivity contribution in [1.29, 1.82) is 0 Å². The summed E-state index contributed by atoms with van der Waals surface area (Å²) in [6.07, 6.45) is 8.32. The molecular weight excluding hydrogens is 376 g/mol. The smallest absolute Gasteiger partial charge is 0.255 e. The van der Waals surface area contributed by atoms with Gasteiger partial charge in [0.25, 0.3) is 5.91 Å². The Morgan fingerprint density at radius 2 is 1.80 bits per heavy atom. The van der Waals surface area contributed by atoms with Gasteiger partial charge in [0, 0.05) is 5.56 Å². The molecule has 3 aromatic rings.